The Labute approximate surface area is 185 Å². The van der Waals surface area contributed by atoms with E-state index in [2.05, 4.69) is 30.8 Å². The number of fused-ring (bicyclic) bond motifs is 5. The van der Waals surface area contributed by atoms with Gasteiger partial charge < -0.3 is 15.3 Å². The van der Waals surface area contributed by atoms with Crippen molar-refractivity contribution in [2.24, 2.45) is 51.5 Å². The Hall–Kier alpha value is -1.30. The quantitative estimate of drug-likeness (QED) is 0.328. The largest absolute Gasteiger partial charge is 0.481 e. The smallest absolute Gasteiger partial charge is 0.303 e. The van der Waals surface area contributed by atoms with E-state index in [1.165, 1.54) is 0 Å². The SMILES string of the molecule is CC(CCC(=O)O)C1CCC2C3C(O)CC4CC(N=[N+]=[N-])CC[C@]4(C)C3CC(O)[C@]12C. The van der Waals surface area contributed by atoms with Crippen molar-refractivity contribution in [2.75, 3.05) is 0 Å². The van der Waals surface area contributed by atoms with E-state index in [1.54, 1.807) is 0 Å². The zero-order chi connectivity index (χ0) is 22.6. The number of nitrogens with zero attached hydrogens (tertiary/aromatic N) is 3. The summed E-state index contributed by atoms with van der Waals surface area (Å²) in [7, 11) is 0. The molecule has 0 radical (unpaired) electrons. The number of carbonyl (C=O) groups is 1. The summed E-state index contributed by atoms with van der Waals surface area (Å²) >= 11 is 0. The molecule has 3 N–H and O–H groups in total. The van der Waals surface area contributed by atoms with E-state index in [0.29, 0.717) is 18.3 Å². The summed E-state index contributed by atoms with van der Waals surface area (Å²) in [5.74, 6) is 0.884. The van der Waals surface area contributed by atoms with Crippen molar-refractivity contribution in [3.63, 3.8) is 0 Å². The van der Waals surface area contributed by atoms with Crippen molar-refractivity contribution in [2.45, 2.75) is 96.8 Å². The van der Waals surface area contributed by atoms with Gasteiger partial charge in [0.15, 0.2) is 0 Å². The monoisotopic (exact) mass is 433 g/mol. The van der Waals surface area contributed by atoms with Gasteiger partial charge in [0.05, 0.1) is 12.2 Å². The van der Waals surface area contributed by atoms with Crippen LogP contribution >= 0.6 is 0 Å². The number of carboxylic acids is 1. The summed E-state index contributed by atoms with van der Waals surface area (Å²) < 4.78 is 0. The van der Waals surface area contributed by atoms with Gasteiger partial charge in [-0.25, -0.2) is 0 Å². The highest BCUT2D eigenvalue weighted by Crippen LogP contribution is 2.68. The van der Waals surface area contributed by atoms with E-state index in [-0.39, 0.29) is 53.1 Å². The first-order valence-corrected chi connectivity index (χ1v) is 12.2. The van der Waals surface area contributed by atoms with Crippen LogP contribution in [-0.2, 0) is 4.79 Å². The Morgan fingerprint density at radius 1 is 1.16 bits per heavy atom. The highest BCUT2D eigenvalue weighted by molar-refractivity contribution is 5.66. The molecule has 4 saturated carbocycles. The van der Waals surface area contributed by atoms with Crippen LogP contribution in [0.25, 0.3) is 10.4 Å². The van der Waals surface area contributed by atoms with Crippen LogP contribution in [0, 0.1) is 46.3 Å². The maximum Gasteiger partial charge on any atom is 0.303 e. The Kier molecular flexibility index (Phi) is 6.08. The van der Waals surface area contributed by atoms with Gasteiger partial charge in [-0.1, -0.05) is 25.9 Å². The zero-order valence-corrected chi connectivity index (χ0v) is 19.2. The van der Waals surface area contributed by atoms with Crippen LogP contribution in [-0.4, -0.2) is 39.5 Å². The Morgan fingerprint density at radius 3 is 2.58 bits per heavy atom. The first-order valence-electron chi connectivity index (χ1n) is 12.2. The third kappa shape index (κ3) is 3.57. The van der Waals surface area contributed by atoms with Gasteiger partial charge >= 0.3 is 5.97 Å². The highest BCUT2D eigenvalue weighted by Gasteiger charge is 2.65. The summed E-state index contributed by atoms with van der Waals surface area (Å²) in [4.78, 5) is 14.1. The van der Waals surface area contributed by atoms with Crippen LogP contribution in [0.15, 0.2) is 5.11 Å². The van der Waals surface area contributed by atoms with Crippen LogP contribution in [0.2, 0.25) is 0 Å². The van der Waals surface area contributed by atoms with Crippen molar-refractivity contribution in [1.82, 2.24) is 0 Å². The number of rotatable bonds is 5. The molecule has 0 aromatic heterocycles. The molecule has 7 heteroatoms. The lowest BCUT2D eigenvalue weighted by molar-refractivity contribution is -0.202. The topological polar surface area (TPSA) is 127 Å². The number of aliphatic hydroxyl groups excluding tert-OH is 2. The van der Waals surface area contributed by atoms with Crippen LogP contribution < -0.4 is 0 Å². The number of azide groups is 1. The molecule has 4 rings (SSSR count). The predicted molar refractivity (Wildman–Crippen MR) is 117 cm³/mol. The lowest BCUT2D eigenvalue weighted by Crippen LogP contribution is -2.62. The Balaban J connectivity index is 1.59. The van der Waals surface area contributed by atoms with E-state index in [4.69, 9.17) is 10.6 Å². The average Bonchev–Trinajstić information content (AvgIpc) is 3.07. The molecule has 4 aliphatic rings. The number of carboxylic acid groups (broad SMARTS) is 1. The Morgan fingerprint density at radius 2 is 1.90 bits per heavy atom. The van der Waals surface area contributed by atoms with Gasteiger partial charge in [-0.3, -0.25) is 4.79 Å². The first-order chi connectivity index (χ1) is 14.6. The molecule has 0 bridgehead atoms. The normalized spacial score (nSPS) is 49.8. The van der Waals surface area contributed by atoms with Crippen molar-refractivity contribution < 1.29 is 20.1 Å². The van der Waals surface area contributed by atoms with Gasteiger partial charge in [-0.05, 0) is 103 Å². The van der Waals surface area contributed by atoms with Gasteiger partial charge in [0, 0.05) is 17.4 Å². The molecule has 4 aliphatic carbocycles. The van der Waals surface area contributed by atoms with Crippen molar-refractivity contribution >= 4 is 5.97 Å². The molecular formula is C24H39N3O4. The number of aliphatic carboxylic acids is 1. The molecule has 4 fully saturated rings. The second-order valence-electron chi connectivity index (χ2n) is 11.6. The maximum absolute atomic E-state index is 11.5. The van der Waals surface area contributed by atoms with Gasteiger partial charge in [-0.15, -0.1) is 0 Å². The van der Waals surface area contributed by atoms with E-state index in [9.17, 15) is 15.0 Å². The second-order valence-corrected chi connectivity index (χ2v) is 11.6. The predicted octanol–water partition coefficient (Wildman–Crippen LogP) is 4.77. The molecule has 0 aliphatic heterocycles. The fourth-order valence-electron chi connectivity index (χ4n) is 8.86. The molecule has 31 heavy (non-hydrogen) atoms. The lowest BCUT2D eigenvalue weighted by Gasteiger charge is -2.63. The minimum Gasteiger partial charge on any atom is -0.481 e. The van der Waals surface area contributed by atoms with Crippen molar-refractivity contribution in [3.05, 3.63) is 10.4 Å². The summed E-state index contributed by atoms with van der Waals surface area (Å²) in [5, 5.41) is 36.0. The summed E-state index contributed by atoms with van der Waals surface area (Å²) in [5.41, 5.74) is 8.68. The van der Waals surface area contributed by atoms with E-state index in [0.717, 1.165) is 44.9 Å². The molecule has 0 aromatic rings. The van der Waals surface area contributed by atoms with Crippen molar-refractivity contribution in [3.8, 4) is 0 Å². The minimum absolute atomic E-state index is 0.0246. The summed E-state index contributed by atoms with van der Waals surface area (Å²) in [6.07, 6.45) is 6.24. The molecule has 7 nitrogen and oxygen atoms in total. The second kappa shape index (κ2) is 8.24. The molecular weight excluding hydrogens is 394 g/mol. The molecule has 174 valence electrons. The van der Waals surface area contributed by atoms with E-state index < -0.39 is 12.1 Å². The Bertz CT molecular complexity index is 755. The van der Waals surface area contributed by atoms with Gasteiger partial charge in [-0.2, -0.15) is 0 Å². The fourth-order valence-corrected chi connectivity index (χ4v) is 8.86. The number of aliphatic hydroxyl groups is 2. The fraction of sp³-hybridized carbons (Fsp3) is 0.958. The minimum atomic E-state index is -0.756. The van der Waals surface area contributed by atoms with Crippen molar-refractivity contribution in [1.29, 1.82) is 0 Å². The molecule has 0 amide bonds. The molecule has 0 heterocycles. The summed E-state index contributed by atoms with van der Waals surface area (Å²) in [6.45, 7) is 6.71. The van der Waals surface area contributed by atoms with E-state index in [1.807, 2.05) is 0 Å². The van der Waals surface area contributed by atoms with Crippen LogP contribution in [0.3, 0.4) is 0 Å². The van der Waals surface area contributed by atoms with Gasteiger partial charge in [0.1, 0.15) is 0 Å². The average molecular weight is 434 g/mol. The zero-order valence-electron chi connectivity index (χ0n) is 19.2. The van der Waals surface area contributed by atoms with Crippen LogP contribution in [0.4, 0.5) is 0 Å². The highest BCUT2D eigenvalue weighted by atomic mass is 16.4. The third-order valence-electron chi connectivity index (χ3n) is 10.5. The standard InChI is InChI=1S/C24H39N3O4/c1-13(4-7-21(30)31)16-5-6-17-22-18(12-20(29)24(16,17)3)23(2)9-8-15(26-27-25)10-14(23)11-19(22)28/h13-20,22,28-29H,4-12H2,1-3H3,(H,30,31)/t13?,14?,15?,16?,17?,18?,19?,20?,22?,23-,24+/m0/s1. The number of hydrogen-bond donors (Lipinski definition) is 3. The summed E-state index contributed by atoms with van der Waals surface area (Å²) in [6, 6.07) is 0.0246. The molecule has 9 unspecified atom stereocenters. The van der Waals surface area contributed by atoms with E-state index >= 15 is 0 Å². The molecule has 0 saturated heterocycles. The number of hydrogen-bond acceptors (Lipinski definition) is 4. The lowest BCUT2D eigenvalue weighted by atomic mass is 9.43. The third-order valence-corrected chi connectivity index (χ3v) is 10.5. The van der Waals surface area contributed by atoms with Gasteiger partial charge in [0.2, 0.25) is 0 Å². The maximum atomic E-state index is 11.5. The molecule has 0 aromatic carbocycles. The molecule has 11 atom stereocenters. The van der Waals surface area contributed by atoms with Gasteiger partial charge in [0.25, 0.3) is 0 Å². The van der Waals surface area contributed by atoms with Crippen LogP contribution in [0.1, 0.15) is 78.6 Å². The first kappa shape index (κ1) is 22.9. The van der Waals surface area contributed by atoms with Crippen LogP contribution in [0.5, 0.6) is 0 Å². The molecule has 0 spiro atoms.